The summed E-state index contributed by atoms with van der Waals surface area (Å²) in [5.74, 6) is 2.19. The van der Waals surface area contributed by atoms with Gasteiger partial charge in [0.15, 0.2) is 0 Å². The molecule has 0 radical (unpaired) electrons. The highest BCUT2D eigenvalue weighted by atomic mass is 15.3. The van der Waals surface area contributed by atoms with Gasteiger partial charge < -0.3 is 0 Å². The first-order valence-electron chi connectivity index (χ1n) is 18.0. The van der Waals surface area contributed by atoms with E-state index in [1.807, 2.05) is 24.3 Å². The molecule has 0 atom stereocenters. The molecule has 12 aromatic rings. The normalized spacial score (nSPS) is 12.1. The second-order valence-corrected chi connectivity index (χ2v) is 13.6. The molecule has 8 nitrogen and oxygen atoms in total. The second-order valence-electron chi connectivity index (χ2n) is 13.6. The van der Waals surface area contributed by atoms with E-state index in [9.17, 15) is 0 Å². The van der Waals surface area contributed by atoms with Crippen LogP contribution >= 0.6 is 0 Å². The molecule has 7 aromatic carbocycles. The Hall–Kier alpha value is -7.58. The Balaban J connectivity index is 1.09. The Morgan fingerprint density at radius 3 is 1.63 bits per heavy atom. The van der Waals surface area contributed by atoms with Gasteiger partial charge in [0, 0.05) is 10.9 Å². The number of rotatable bonds is 4. The summed E-state index contributed by atoms with van der Waals surface area (Å²) in [5.41, 5.74) is 14.2. The third-order valence-corrected chi connectivity index (χ3v) is 10.6. The summed E-state index contributed by atoms with van der Waals surface area (Å²) < 4.78 is 8.81. The quantitative estimate of drug-likeness (QED) is 0.184. The minimum Gasteiger partial charge on any atom is -0.278 e. The number of hydrogen-bond acceptors (Lipinski definition) is 4. The fourth-order valence-electron chi connectivity index (χ4n) is 8.17. The number of hydrogen-bond donors (Lipinski definition) is 0. The van der Waals surface area contributed by atoms with Crippen molar-refractivity contribution in [3.63, 3.8) is 0 Å². The highest BCUT2D eigenvalue weighted by Crippen LogP contribution is 2.35. The van der Waals surface area contributed by atoms with Crippen molar-refractivity contribution in [2.24, 2.45) is 0 Å². The van der Waals surface area contributed by atoms with Gasteiger partial charge in [0.1, 0.15) is 0 Å². The number of imidazole rings is 4. The molecule has 0 N–H and O–H groups in total. The van der Waals surface area contributed by atoms with Gasteiger partial charge in [0.25, 0.3) is 0 Å². The van der Waals surface area contributed by atoms with Crippen LogP contribution in [0.15, 0.2) is 170 Å². The predicted octanol–water partition coefficient (Wildman–Crippen LogP) is 10.5. The van der Waals surface area contributed by atoms with E-state index in [4.69, 9.17) is 19.9 Å². The fraction of sp³-hybridized carbons (Fsp3) is 0. The zero-order valence-corrected chi connectivity index (χ0v) is 28.7. The van der Waals surface area contributed by atoms with Gasteiger partial charge in [-0.1, -0.05) is 109 Å². The Morgan fingerprint density at radius 1 is 0.333 bits per heavy atom. The van der Waals surface area contributed by atoms with E-state index < -0.39 is 0 Å². The molecule has 0 saturated carbocycles. The fourth-order valence-corrected chi connectivity index (χ4v) is 8.17. The number of aromatic nitrogens is 8. The largest absolute Gasteiger partial charge is 0.278 e. The van der Waals surface area contributed by atoms with Crippen molar-refractivity contribution >= 4 is 66.6 Å². The first-order chi connectivity index (χ1) is 26.8. The van der Waals surface area contributed by atoms with E-state index in [0.717, 1.165) is 89.1 Å². The van der Waals surface area contributed by atoms with Gasteiger partial charge in [0.05, 0.1) is 61.0 Å². The molecule has 12 rings (SSSR count). The Labute approximate surface area is 307 Å². The van der Waals surface area contributed by atoms with Gasteiger partial charge in [0.2, 0.25) is 17.5 Å². The van der Waals surface area contributed by atoms with Crippen LogP contribution in [0.25, 0.3) is 101 Å². The lowest BCUT2D eigenvalue weighted by Gasteiger charge is -2.11. The van der Waals surface area contributed by atoms with Gasteiger partial charge in [-0.05, 0) is 71.8 Å². The lowest BCUT2D eigenvalue weighted by atomic mass is 10.0. The van der Waals surface area contributed by atoms with Crippen LogP contribution in [-0.2, 0) is 0 Å². The maximum absolute atomic E-state index is 5.32. The molecule has 0 unspecified atom stereocenters. The monoisotopic (exact) mass is 692 g/mol. The Morgan fingerprint density at radius 2 is 0.870 bits per heavy atom. The van der Waals surface area contributed by atoms with Gasteiger partial charge in [-0.15, -0.1) is 0 Å². The topological polar surface area (TPSA) is 70.2 Å². The third kappa shape index (κ3) is 4.07. The molecule has 5 aromatic heterocycles. The van der Waals surface area contributed by atoms with Crippen LogP contribution in [0.1, 0.15) is 0 Å². The van der Waals surface area contributed by atoms with E-state index in [1.165, 1.54) is 5.56 Å². The minimum absolute atomic E-state index is 0.569. The van der Waals surface area contributed by atoms with Crippen molar-refractivity contribution < 1.29 is 0 Å². The molecule has 54 heavy (non-hydrogen) atoms. The molecule has 0 bridgehead atoms. The van der Waals surface area contributed by atoms with Crippen LogP contribution in [0.4, 0.5) is 0 Å². The molecule has 8 heteroatoms. The molecule has 0 aliphatic heterocycles. The maximum atomic E-state index is 5.32. The number of nitrogens with zero attached hydrogens (tertiary/aromatic N) is 8. The van der Waals surface area contributed by atoms with E-state index >= 15 is 0 Å². The minimum atomic E-state index is 0.569. The van der Waals surface area contributed by atoms with Crippen molar-refractivity contribution in [1.82, 2.24) is 37.9 Å². The summed E-state index contributed by atoms with van der Waals surface area (Å²) in [6.45, 7) is 0. The highest BCUT2D eigenvalue weighted by Gasteiger charge is 2.22. The second kappa shape index (κ2) is 11.0. The van der Waals surface area contributed by atoms with E-state index in [1.54, 1.807) is 0 Å². The summed E-state index contributed by atoms with van der Waals surface area (Å²) in [4.78, 5) is 20.9. The van der Waals surface area contributed by atoms with Crippen LogP contribution < -0.4 is 0 Å². The van der Waals surface area contributed by atoms with Gasteiger partial charge >= 0.3 is 0 Å². The maximum Gasteiger partial charge on any atom is 0.238 e. The molecule has 0 amide bonds. The number of para-hydroxylation sites is 7. The van der Waals surface area contributed by atoms with E-state index in [2.05, 4.69) is 164 Å². The number of benzene rings is 7. The average molecular weight is 693 g/mol. The predicted molar refractivity (Wildman–Crippen MR) is 217 cm³/mol. The molecule has 0 saturated heterocycles. The summed E-state index contributed by atoms with van der Waals surface area (Å²) >= 11 is 0. The average Bonchev–Trinajstić information content (AvgIpc) is 3.97. The molecular formula is C46H28N8. The standard InChI is InChI=1S/C46H28N8/c1-2-12-29(13-3-1)30-22-24-31(25-23-30)43-33-14-4-5-15-34(33)47-44(50-43)54-41-21-11-10-20-40(41)53-42-28-32(26-27-36(42)49-46(53)54)51-38-18-8-9-19-39(38)52-37-17-7-6-16-35(37)48-45(51)52/h1-28H. The Bertz CT molecular complexity index is 3440. The van der Waals surface area contributed by atoms with Gasteiger partial charge in [-0.2, -0.15) is 0 Å². The van der Waals surface area contributed by atoms with Crippen molar-refractivity contribution in [2.45, 2.75) is 0 Å². The molecular weight excluding hydrogens is 665 g/mol. The molecule has 0 spiro atoms. The lowest BCUT2D eigenvalue weighted by Crippen LogP contribution is -2.04. The van der Waals surface area contributed by atoms with Crippen molar-refractivity contribution in [1.29, 1.82) is 0 Å². The molecule has 0 aliphatic rings. The molecule has 0 fully saturated rings. The summed E-state index contributed by atoms with van der Waals surface area (Å²) in [6.07, 6.45) is 0. The van der Waals surface area contributed by atoms with Crippen LogP contribution in [0, 0.1) is 0 Å². The van der Waals surface area contributed by atoms with Crippen LogP contribution in [0.5, 0.6) is 0 Å². The van der Waals surface area contributed by atoms with Crippen LogP contribution in [0.3, 0.4) is 0 Å². The van der Waals surface area contributed by atoms with Crippen molar-refractivity contribution in [2.75, 3.05) is 0 Å². The van der Waals surface area contributed by atoms with E-state index in [-0.39, 0.29) is 0 Å². The molecule has 0 aliphatic carbocycles. The summed E-state index contributed by atoms with van der Waals surface area (Å²) in [5, 5.41) is 0.997. The summed E-state index contributed by atoms with van der Waals surface area (Å²) in [6, 6.07) is 58.9. The number of fused-ring (bicyclic) bond motifs is 11. The van der Waals surface area contributed by atoms with Gasteiger partial charge in [-0.3, -0.25) is 13.4 Å². The summed E-state index contributed by atoms with van der Waals surface area (Å²) in [7, 11) is 0. The van der Waals surface area contributed by atoms with Crippen molar-refractivity contribution in [3.8, 4) is 34.0 Å². The van der Waals surface area contributed by atoms with Crippen LogP contribution in [-0.4, -0.2) is 37.9 Å². The van der Waals surface area contributed by atoms with Crippen LogP contribution in [0.2, 0.25) is 0 Å². The smallest absolute Gasteiger partial charge is 0.238 e. The first kappa shape index (κ1) is 29.0. The highest BCUT2D eigenvalue weighted by molar-refractivity contribution is 5.97. The van der Waals surface area contributed by atoms with Gasteiger partial charge in [-0.25, -0.2) is 24.5 Å². The lowest BCUT2D eigenvalue weighted by molar-refractivity contribution is 0.986. The third-order valence-electron chi connectivity index (χ3n) is 10.6. The Kier molecular flexibility index (Phi) is 5.90. The molecule has 5 heterocycles. The van der Waals surface area contributed by atoms with Crippen molar-refractivity contribution in [3.05, 3.63) is 170 Å². The first-order valence-corrected chi connectivity index (χ1v) is 18.0. The zero-order chi connectivity index (χ0) is 35.3. The molecule has 252 valence electrons. The van der Waals surface area contributed by atoms with E-state index in [0.29, 0.717) is 5.95 Å². The zero-order valence-electron chi connectivity index (χ0n) is 28.7. The SMILES string of the molecule is c1ccc(-c2ccc(-c3nc(-n4c5ccccc5n5c6cc(-n7c8ccccc8n8c9ccccc9nc78)ccc6nc45)nc4ccccc34)cc2)cc1.